The molecule has 0 saturated heterocycles. The van der Waals surface area contributed by atoms with E-state index in [0.717, 1.165) is 0 Å². The first kappa shape index (κ1) is 12.8. The van der Waals surface area contributed by atoms with Crippen LogP contribution < -0.4 is 10.5 Å². The van der Waals surface area contributed by atoms with Crippen molar-refractivity contribution in [2.75, 3.05) is 11.5 Å². The first-order valence-corrected chi connectivity index (χ1v) is 6.48. The first-order valence-electron chi connectivity index (χ1n) is 4.45. The monoisotopic (exact) mass is 262 g/mol. The molecule has 3 N–H and O–H groups in total. The van der Waals surface area contributed by atoms with Gasteiger partial charge in [0.1, 0.15) is 0 Å². The van der Waals surface area contributed by atoms with Crippen LogP contribution in [-0.4, -0.2) is 20.1 Å². The van der Waals surface area contributed by atoms with Crippen LogP contribution in [0.3, 0.4) is 0 Å². The van der Waals surface area contributed by atoms with E-state index in [9.17, 15) is 13.2 Å². The summed E-state index contributed by atoms with van der Waals surface area (Å²) in [6, 6.07) is 4.16. The number of sulfonamides is 1. The molecule has 88 valence electrons. The van der Waals surface area contributed by atoms with Crippen molar-refractivity contribution in [1.82, 2.24) is 4.72 Å². The van der Waals surface area contributed by atoms with Gasteiger partial charge in [0.25, 0.3) is 5.91 Å². The fourth-order valence-electron chi connectivity index (χ4n) is 1.02. The summed E-state index contributed by atoms with van der Waals surface area (Å²) in [7, 11) is -3.58. The average Bonchev–Trinajstić information content (AvgIpc) is 2.15. The molecule has 0 aliphatic heterocycles. The fourth-order valence-corrected chi connectivity index (χ4v) is 1.80. The van der Waals surface area contributed by atoms with Crippen LogP contribution in [0.4, 0.5) is 5.69 Å². The van der Waals surface area contributed by atoms with E-state index in [4.69, 9.17) is 17.3 Å². The Morgan fingerprint density at radius 2 is 2.06 bits per heavy atom. The molecule has 16 heavy (non-hydrogen) atoms. The Hall–Kier alpha value is -1.27. The van der Waals surface area contributed by atoms with Gasteiger partial charge in [-0.3, -0.25) is 4.79 Å². The van der Waals surface area contributed by atoms with Gasteiger partial charge in [0, 0.05) is 16.3 Å². The lowest BCUT2D eigenvalue weighted by Crippen LogP contribution is -2.31. The molecule has 5 nitrogen and oxygen atoms in total. The van der Waals surface area contributed by atoms with Gasteiger partial charge in [-0.15, -0.1) is 0 Å². The summed E-state index contributed by atoms with van der Waals surface area (Å²) < 4.78 is 24.2. The number of carbonyl (C=O) groups is 1. The predicted molar refractivity (Wildman–Crippen MR) is 62.8 cm³/mol. The SMILES string of the molecule is CCS(=O)(=O)NC(=O)c1cc(N)cc(Cl)c1. The third-order valence-corrected chi connectivity index (χ3v) is 3.29. The molecular formula is C9H11ClN2O3S. The number of nitrogen functional groups attached to an aromatic ring is 1. The Balaban J connectivity index is 2.98. The number of rotatable bonds is 3. The molecule has 0 aromatic heterocycles. The number of benzene rings is 1. The number of amides is 1. The van der Waals surface area contributed by atoms with Crippen molar-refractivity contribution in [3.8, 4) is 0 Å². The average molecular weight is 263 g/mol. The van der Waals surface area contributed by atoms with Gasteiger partial charge in [0.15, 0.2) is 0 Å². The molecule has 0 unspecified atom stereocenters. The lowest BCUT2D eigenvalue weighted by molar-refractivity contribution is 0.0981. The van der Waals surface area contributed by atoms with Crippen molar-refractivity contribution < 1.29 is 13.2 Å². The van der Waals surface area contributed by atoms with E-state index < -0.39 is 15.9 Å². The Morgan fingerprint density at radius 3 is 2.56 bits per heavy atom. The third kappa shape index (κ3) is 3.39. The van der Waals surface area contributed by atoms with E-state index in [1.807, 2.05) is 4.72 Å². The molecule has 0 heterocycles. The second-order valence-electron chi connectivity index (χ2n) is 3.11. The number of hydrogen-bond donors (Lipinski definition) is 2. The van der Waals surface area contributed by atoms with Gasteiger partial charge < -0.3 is 5.73 Å². The fraction of sp³-hybridized carbons (Fsp3) is 0.222. The minimum Gasteiger partial charge on any atom is -0.399 e. The lowest BCUT2D eigenvalue weighted by Gasteiger charge is -2.05. The van der Waals surface area contributed by atoms with Gasteiger partial charge in [-0.2, -0.15) is 0 Å². The molecule has 1 amide bonds. The minimum absolute atomic E-state index is 0.113. The zero-order chi connectivity index (χ0) is 12.3. The van der Waals surface area contributed by atoms with Crippen molar-refractivity contribution in [1.29, 1.82) is 0 Å². The van der Waals surface area contributed by atoms with Crippen LogP contribution in [0.2, 0.25) is 5.02 Å². The van der Waals surface area contributed by atoms with Crippen LogP contribution in [0.1, 0.15) is 17.3 Å². The van der Waals surface area contributed by atoms with Crippen molar-refractivity contribution in [3.63, 3.8) is 0 Å². The number of nitrogens with two attached hydrogens (primary N) is 1. The van der Waals surface area contributed by atoms with Crippen LogP contribution in [0.5, 0.6) is 0 Å². The second kappa shape index (κ2) is 4.71. The van der Waals surface area contributed by atoms with Crippen LogP contribution in [0.15, 0.2) is 18.2 Å². The maximum Gasteiger partial charge on any atom is 0.264 e. The Morgan fingerprint density at radius 1 is 1.44 bits per heavy atom. The molecule has 1 aromatic carbocycles. The highest BCUT2D eigenvalue weighted by molar-refractivity contribution is 7.90. The molecule has 0 saturated carbocycles. The molecule has 7 heteroatoms. The van der Waals surface area contributed by atoms with Gasteiger partial charge in [-0.25, -0.2) is 13.1 Å². The smallest absolute Gasteiger partial charge is 0.264 e. The van der Waals surface area contributed by atoms with Crippen molar-refractivity contribution in [3.05, 3.63) is 28.8 Å². The van der Waals surface area contributed by atoms with E-state index in [-0.39, 0.29) is 16.3 Å². The Kier molecular flexibility index (Phi) is 3.77. The summed E-state index contributed by atoms with van der Waals surface area (Å²) >= 11 is 5.69. The van der Waals surface area contributed by atoms with Gasteiger partial charge in [-0.05, 0) is 25.1 Å². The molecule has 0 aliphatic carbocycles. The summed E-state index contributed by atoms with van der Waals surface area (Å²) in [6.45, 7) is 1.43. The van der Waals surface area contributed by atoms with E-state index in [2.05, 4.69) is 0 Å². The Labute approximate surface area is 98.6 Å². The molecule has 0 fully saturated rings. The molecule has 0 radical (unpaired) electrons. The van der Waals surface area contributed by atoms with E-state index >= 15 is 0 Å². The van der Waals surface area contributed by atoms with Gasteiger partial charge in [0.2, 0.25) is 10.0 Å². The zero-order valence-electron chi connectivity index (χ0n) is 8.53. The Bertz CT molecular complexity index is 493. The predicted octanol–water partition coefficient (Wildman–Crippen LogP) is 1.00. The van der Waals surface area contributed by atoms with Crippen LogP contribution >= 0.6 is 11.6 Å². The molecule has 0 aliphatic rings. The summed E-state index contributed by atoms with van der Waals surface area (Å²) in [4.78, 5) is 11.5. The number of anilines is 1. The number of carbonyl (C=O) groups excluding carboxylic acids is 1. The minimum atomic E-state index is -3.58. The maximum atomic E-state index is 11.5. The topological polar surface area (TPSA) is 89.3 Å². The van der Waals surface area contributed by atoms with Crippen LogP contribution in [0, 0.1) is 0 Å². The summed E-state index contributed by atoms with van der Waals surface area (Å²) in [6.07, 6.45) is 0. The second-order valence-corrected chi connectivity index (χ2v) is 5.56. The first-order chi connectivity index (χ1) is 7.34. The highest BCUT2D eigenvalue weighted by Crippen LogP contribution is 2.16. The van der Waals surface area contributed by atoms with Crippen LogP contribution in [-0.2, 0) is 10.0 Å². The highest BCUT2D eigenvalue weighted by atomic mass is 35.5. The highest BCUT2D eigenvalue weighted by Gasteiger charge is 2.14. The van der Waals surface area contributed by atoms with Gasteiger partial charge in [0.05, 0.1) is 5.75 Å². The summed E-state index contributed by atoms with van der Waals surface area (Å²) in [5.74, 6) is -0.912. The largest absolute Gasteiger partial charge is 0.399 e. The van der Waals surface area contributed by atoms with E-state index in [1.54, 1.807) is 0 Å². The summed E-state index contributed by atoms with van der Waals surface area (Å²) in [5, 5.41) is 0.277. The molecule has 1 rings (SSSR count). The van der Waals surface area contributed by atoms with E-state index in [0.29, 0.717) is 5.69 Å². The number of hydrogen-bond acceptors (Lipinski definition) is 4. The van der Waals surface area contributed by atoms with Gasteiger partial charge >= 0.3 is 0 Å². The standard InChI is InChI=1S/C9H11ClN2O3S/c1-2-16(14,15)12-9(13)6-3-7(10)5-8(11)4-6/h3-5H,2,11H2,1H3,(H,12,13). The molecule has 1 aromatic rings. The maximum absolute atomic E-state index is 11.5. The zero-order valence-corrected chi connectivity index (χ0v) is 10.1. The lowest BCUT2D eigenvalue weighted by atomic mass is 10.2. The third-order valence-electron chi connectivity index (χ3n) is 1.81. The normalized spacial score (nSPS) is 11.1. The van der Waals surface area contributed by atoms with E-state index in [1.165, 1.54) is 25.1 Å². The molecule has 0 bridgehead atoms. The molecule has 0 atom stereocenters. The van der Waals surface area contributed by atoms with Crippen LogP contribution in [0.25, 0.3) is 0 Å². The molecule has 0 spiro atoms. The van der Waals surface area contributed by atoms with Gasteiger partial charge in [-0.1, -0.05) is 11.6 Å². The van der Waals surface area contributed by atoms with Crippen molar-refractivity contribution in [2.45, 2.75) is 6.92 Å². The summed E-state index contributed by atoms with van der Waals surface area (Å²) in [5.41, 5.74) is 5.89. The quantitative estimate of drug-likeness (QED) is 0.796. The number of halogens is 1. The van der Waals surface area contributed by atoms with Crippen molar-refractivity contribution in [2.24, 2.45) is 0 Å². The number of nitrogens with one attached hydrogen (secondary N) is 1. The molecular weight excluding hydrogens is 252 g/mol. The van der Waals surface area contributed by atoms with Crippen molar-refractivity contribution >= 4 is 33.2 Å².